The fraction of sp³-hybridized carbons (Fsp3) is 0.200. The van der Waals surface area contributed by atoms with Crippen molar-refractivity contribution in [2.75, 3.05) is 0 Å². The molecule has 2 aromatic carbocycles. The predicted octanol–water partition coefficient (Wildman–Crippen LogP) is 4.03. The normalized spacial score (nSPS) is 12.1. The summed E-state index contributed by atoms with van der Waals surface area (Å²) in [7, 11) is 0. The van der Waals surface area contributed by atoms with Crippen LogP contribution in [-0.4, -0.2) is 16.3 Å². The van der Waals surface area contributed by atoms with Crippen molar-refractivity contribution < 1.29 is 19.1 Å². The van der Waals surface area contributed by atoms with E-state index in [1.807, 2.05) is 31.2 Å². The molecule has 0 fully saturated rings. The Balaban J connectivity index is 1.70. The van der Waals surface area contributed by atoms with Crippen LogP contribution in [0.25, 0.3) is 11.0 Å². The number of ether oxygens (including phenoxy) is 1. The zero-order valence-electron chi connectivity index (χ0n) is 14.4. The van der Waals surface area contributed by atoms with Gasteiger partial charge < -0.3 is 14.3 Å². The summed E-state index contributed by atoms with van der Waals surface area (Å²) in [5, 5.41) is 9.75. The summed E-state index contributed by atoms with van der Waals surface area (Å²) in [6, 6.07) is 13.7. The van der Waals surface area contributed by atoms with E-state index in [1.54, 1.807) is 13.0 Å². The largest absolute Gasteiger partial charge is 0.508 e. The number of aromatic hydroxyl groups is 1. The molecule has 0 bridgehead atoms. The Labute approximate surface area is 154 Å². The Morgan fingerprint density at radius 2 is 1.92 bits per heavy atom. The van der Waals surface area contributed by atoms with Crippen LogP contribution in [0.5, 0.6) is 5.75 Å². The zero-order valence-corrected chi connectivity index (χ0v) is 15.2. The monoisotopic (exact) mass is 370 g/mol. The first kappa shape index (κ1) is 18.1. The van der Waals surface area contributed by atoms with Gasteiger partial charge in [0.2, 0.25) is 0 Å². The molecule has 0 spiro atoms. The first-order valence-electron chi connectivity index (χ1n) is 8.08. The number of phenolic OH excluding ortho intramolecular Hbond substituents is 1. The topological polar surface area (TPSA) is 76.7 Å². The van der Waals surface area contributed by atoms with E-state index in [1.165, 1.54) is 30.0 Å². The highest BCUT2D eigenvalue weighted by molar-refractivity contribution is 8.00. The summed E-state index contributed by atoms with van der Waals surface area (Å²) in [6.07, 6.45) is 0. The van der Waals surface area contributed by atoms with E-state index in [0.717, 1.165) is 10.5 Å². The quantitative estimate of drug-likeness (QED) is 0.415. The number of hydrogen-bond acceptors (Lipinski definition) is 6. The number of benzene rings is 2. The van der Waals surface area contributed by atoms with Crippen molar-refractivity contribution in [2.45, 2.75) is 30.6 Å². The lowest BCUT2D eigenvalue weighted by molar-refractivity contribution is -0.143. The predicted molar refractivity (Wildman–Crippen MR) is 100 cm³/mol. The third kappa shape index (κ3) is 4.26. The number of phenols is 1. The SMILES string of the molecule is Cc1ccc(SC(C)C(=O)OCc2cc(=O)oc3cc(O)ccc23)cc1. The van der Waals surface area contributed by atoms with Gasteiger partial charge in [-0.1, -0.05) is 17.7 Å². The standard InChI is InChI=1S/C20H18O5S/c1-12-3-6-16(7-4-12)26-13(2)20(23)24-11-14-9-19(22)25-18-10-15(21)5-8-17(14)18/h3-10,13,21H,11H2,1-2H3. The van der Waals surface area contributed by atoms with Crippen molar-refractivity contribution in [1.29, 1.82) is 0 Å². The Morgan fingerprint density at radius 3 is 2.65 bits per heavy atom. The summed E-state index contributed by atoms with van der Waals surface area (Å²) in [4.78, 5) is 24.9. The van der Waals surface area contributed by atoms with Gasteiger partial charge in [-0.05, 0) is 38.1 Å². The average molecular weight is 370 g/mol. The van der Waals surface area contributed by atoms with Crippen molar-refractivity contribution in [1.82, 2.24) is 0 Å². The summed E-state index contributed by atoms with van der Waals surface area (Å²) in [5.41, 5.74) is 1.39. The van der Waals surface area contributed by atoms with Gasteiger partial charge in [0, 0.05) is 28.0 Å². The molecule has 1 aromatic heterocycles. The first-order chi connectivity index (χ1) is 12.4. The molecule has 3 aromatic rings. The van der Waals surface area contributed by atoms with Gasteiger partial charge in [-0.25, -0.2) is 4.79 Å². The molecule has 26 heavy (non-hydrogen) atoms. The lowest BCUT2D eigenvalue weighted by Gasteiger charge is -2.12. The van der Waals surface area contributed by atoms with Crippen LogP contribution < -0.4 is 5.63 Å². The summed E-state index contributed by atoms with van der Waals surface area (Å²) in [6.45, 7) is 3.75. The van der Waals surface area contributed by atoms with Crippen LogP contribution in [0.2, 0.25) is 0 Å². The minimum Gasteiger partial charge on any atom is -0.508 e. The zero-order chi connectivity index (χ0) is 18.7. The first-order valence-corrected chi connectivity index (χ1v) is 8.96. The van der Waals surface area contributed by atoms with E-state index in [4.69, 9.17) is 9.15 Å². The van der Waals surface area contributed by atoms with Crippen LogP contribution in [0.4, 0.5) is 0 Å². The summed E-state index contributed by atoms with van der Waals surface area (Å²) in [5.74, 6) is -0.367. The Morgan fingerprint density at radius 1 is 1.19 bits per heavy atom. The second kappa shape index (κ2) is 7.66. The van der Waals surface area contributed by atoms with Crippen LogP contribution >= 0.6 is 11.8 Å². The average Bonchev–Trinajstić information content (AvgIpc) is 2.60. The van der Waals surface area contributed by atoms with Gasteiger partial charge >= 0.3 is 11.6 Å². The third-order valence-electron chi connectivity index (χ3n) is 3.85. The highest BCUT2D eigenvalue weighted by Crippen LogP contribution is 2.26. The summed E-state index contributed by atoms with van der Waals surface area (Å²) >= 11 is 1.42. The molecule has 0 aliphatic carbocycles. The minimum absolute atomic E-state index is 0.00193. The van der Waals surface area contributed by atoms with Gasteiger partial charge in [0.05, 0.1) is 0 Å². The lowest BCUT2D eigenvalue weighted by atomic mass is 10.1. The molecule has 134 valence electrons. The van der Waals surface area contributed by atoms with Gasteiger partial charge in [0.15, 0.2) is 0 Å². The van der Waals surface area contributed by atoms with Crippen LogP contribution in [-0.2, 0) is 16.1 Å². The number of hydrogen-bond donors (Lipinski definition) is 1. The molecule has 1 N–H and O–H groups in total. The maximum Gasteiger partial charge on any atom is 0.336 e. The van der Waals surface area contributed by atoms with Gasteiger partial charge in [-0.2, -0.15) is 0 Å². The molecule has 1 unspecified atom stereocenters. The number of esters is 1. The second-order valence-corrected chi connectivity index (χ2v) is 7.37. The van der Waals surface area contributed by atoms with E-state index in [9.17, 15) is 14.7 Å². The van der Waals surface area contributed by atoms with Gasteiger partial charge in [0.1, 0.15) is 23.2 Å². The van der Waals surface area contributed by atoms with E-state index in [0.29, 0.717) is 10.9 Å². The molecule has 0 aliphatic rings. The number of rotatable bonds is 5. The number of fused-ring (bicyclic) bond motifs is 1. The second-order valence-electron chi connectivity index (χ2n) is 5.95. The molecular formula is C20H18O5S. The molecule has 3 rings (SSSR count). The molecule has 6 heteroatoms. The van der Waals surface area contributed by atoms with Crippen molar-refractivity contribution in [3.63, 3.8) is 0 Å². The molecule has 0 amide bonds. The number of aryl methyl sites for hydroxylation is 1. The van der Waals surface area contributed by atoms with E-state index in [-0.39, 0.29) is 29.2 Å². The Bertz CT molecular complexity index is 991. The van der Waals surface area contributed by atoms with E-state index in [2.05, 4.69) is 0 Å². The molecule has 1 atom stereocenters. The highest BCUT2D eigenvalue weighted by Gasteiger charge is 2.17. The molecular weight excluding hydrogens is 352 g/mol. The molecule has 1 heterocycles. The lowest BCUT2D eigenvalue weighted by Crippen LogP contribution is -2.17. The van der Waals surface area contributed by atoms with Crippen LogP contribution in [0, 0.1) is 6.92 Å². The maximum absolute atomic E-state index is 12.3. The highest BCUT2D eigenvalue weighted by atomic mass is 32.2. The number of thioether (sulfide) groups is 1. The van der Waals surface area contributed by atoms with Crippen LogP contribution in [0.3, 0.4) is 0 Å². The van der Waals surface area contributed by atoms with Gasteiger partial charge in [0.25, 0.3) is 0 Å². The fourth-order valence-corrected chi connectivity index (χ4v) is 3.34. The van der Waals surface area contributed by atoms with Crippen LogP contribution in [0.1, 0.15) is 18.1 Å². The molecule has 5 nitrogen and oxygen atoms in total. The number of carbonyl (C=O) groups excluding carboxylic acids is 1. The Kier molecular flexibility index (Phi) is 5.32. The molecule has 0 saturated carbocycles. The van der Waals surface area contributed by atoms with Gasteiger partial charge in [-0.15, -0.1) is 11.8 Å². The van der Waals surface area contributed by atoms with Crippen molar-refractivity contribution >= 4 is 28.7 Å². The molecule has 0 aliphatic heterocycles. The smallest absolute Gasteiger partial charge is 0.336 e. The maximum atomic E-state index is 12.3. The molecule has 0 saturated heterocycles. The van der Waals surface area contributed by atoms with Crippen molar-refractivity contribution in [2.24, 2.45) is 0 Å². The minimum atomic E-state index is -0.559. The fourth-order valence-electron chi connectivity index (χ4n) is 2.47. The van der Waals surface area contributed by atoms with E-state index < -0.39 is 5.63 Å². The van der Waals surface area contributed by atoms with Crippen molar-refractivity contribution in [3.8, 4) is 5.75 Å². The summed E-state index contributed by atoms with van der Waals surface area (Å²) < 4.78 is 10.4. The molecule has 0 radical (unpaired) electrons. The van der Waals surface area contributed by atoms with E-state index >= 15 is 0 Å². The van der Waals surface area contributed by atoms with Crippen LogP contribution in [0.15, 0.2) is 62.6 Å². The van der Waals surface area contributed by atoms with Gasteiger partial charge in [-0.3, -0.25) is 4.79 Å². The third-order valence-corrected chi connectivity index (χ3v) is 4.94. The van der Waals surface area contributed by atoms with Crippen molar-refractivity contribution in [3.05, 3.63) is 70.1 Å². The Hall–Kier alpha value is -2.73. The number of carbonyl (C=O) groups is 1.